The largest absolute Gasteiger partial charge is 0.507 e. The van der Waals surface area contributed by atoms with Crippen LogP contribution in [0.1, 0.15) is 16.7 Å². The molecule has 0 aliphatic heterocycles. The molecule has 3 nitrogen and oxygen atoms in total. The van der Waals surface area contributed by atoms with Gasteiger partial charge in [0, 0.05) is 16.7 Å². The van der Waals surface area contributed by atoms with Crippen molar-refractivity contribution in [3.8, 4) is 39.5 Å². The van der Waals surface area contributed by atoms with Gasteiger partial charge < -0.3 is 14.9 Å². The second-order valence-corrected chi connectivity index (χ2v) is 7.40. The average molecular weight is 413 g/mol. The van der Waals surface area contributed by atoms with Gasteiger partial charge in [0.25, 0.3) is 0 Å². The van der Waals surface area contributed by atoms with Crippen LogP contribution in [-0.2, 0) is 19.3 Å². The van der Waals surface area contributed by atoms with E-state index in [1.807, 2.05) is 54.6 Å². The molecule has 0 radical (unpaired) electrons. The summed E-state index contributed by atoms with van der Waals surface area (Å²) >= 11 is 0. The zero-order valence-corrected chi connectivity index (χ0v) is 17.9. The van der Waals surface area contributed by atoms with E-state index in [0.29, 0.717) is 36.1 Å². The van der Waals surface area contributed by atoms with E-state index in [4.69, 9.17) is 4.74 Å². The summed E-state index contributed by atoms with van der Waals surface area (Å²) in [5.74, 6) is 1.02. The van der Waals surface area contributed by atoms with Crippen molar-refractivity contribution < 1.29 is 14.9 Å². The average Bonchev–Trinajstić information content (AvgIpc) is 2.77. The molecule has 0 aliphatic carbocycles. The topological polar surface area (TPSA) is 49.7 Å². The lowest BCUT2D eigenvalue weighted by molar-refractivity contribution is 0.415. The second-order valence-electron chi connectivity index (χ2n) is 7.40. The Labute approximate surface area is 184 Å². The molecule has 0 fully saturated rings. The lowest BCUT2D eigenvalue weighted by Gasteiger charge is -2.17. The summed E-state index contributed by atoms with van der Waals surface area (Å²) in [6, 6.07) is 15.2. The van der Waals surface area contributed by atoms with Gasteiger partial charge >= 0.3 is 0 Å². The van der Waals surface area contributed by atoms with Crippen molar-refractivity contribution in [3.63, 3.8) is 0 Å². The van der Waals surface area contributed by atoms with Crippen LogP contribution in [0.15, 0.2) is 86.5 Å². The van der Waals surface area contributed by atoms with Crippen LogP contribution in [-0.4, -0.2) is 17.3 Å². The van der Waals surface area contributed by atoms with E-state index >= 15 is 0 Å². The third kappa shape index (κ3) is 4.72. The van der Waals surface area contributed by atoms with Crippen molar-refractivity contribution in [2.24, 2.45) is 0 Å². The predicted molar refractivity (Wildman–Crippen MR) is 129 cm³/mol. The Morgan fingerprint density at radius 2 is 1.35 bits per heavy atom. The van der Waals surface area contributed by atoms with Crippen LogP contribution in [0.25, 0.3) is 22.3 Å². The summed E-state index contributed by atoms with van der Waals surface area (Å²) in [5.41, 5.74) is 5.78. The fraction of sp³-hybridized carbons (Fsp3) is 0.143. The molecule has 0 spiro atoms. The highest BCUT2D eigenvalue weighted by Crippen LogP contribution is 2.43. The molecule has 0 atom stereocenters. The van der Waals surface area contributed by atoms with E-state index in [-0.39, 0.29) is 11.5 Å². The van der Waals surface area contributed by atoms with Gasteiger partial charge in [-0.05, 0) is 77.9 Å². The zero-order valence-electron chi connectivity index (χ0n) is 17.9. The molecular weight excluding hydrogens is 384 g/mol. The van der Waals surface area contributed by atoms with Crippen LogP contribution in [0, 0.1) is 0 Å². The molecule has 0 heterocycles. The molecule has 0 aliphatic rings. The number of aromatic hydroxyl groups is 2. The van der Waals surface area contributed by atoms with E-state index in [9.17, 15) is 10.2 Å². The zero-order chi connectivity index (χ0) is 22.4. The van der Waals surface area contributed by atoms with Gasteiger partial charge in [0.1, 0.15) is 17.2 Å². The maximum absolute atomic E-state index is 11.1. The highest BCUT2D eigenvalue weighted by molar-refractivity contribution is 5.84. The minimum absolute atomic E-state index is 0.180. The molecule has 0 amide bonds. The number of hydrogen-bond donors (Lipinski definition) is 2. The molecule has 31 heavy (non-hydrogen) atoms. The van der Waals surface area contributed by atoms with E-state index in [1.165, 1.54) is 0 Å². The molecule has 158 valence electrons. The summed E-state index contributed by atoms with van der Waals surface area (Å²) in [4.78, 5) is 0. The van der Waals surface area contributed by atoms with Crippen molar-refractivity contribution in [2.45, 2.75) is 19.3 Å². The van der Waals surface area contributed by atoms with Crippen molar-refractivity contribution in [1.29, 1.82) is 0 Å². The smallest absolute Gasteiger partial charge is 0.127 e. The number of phenols is 2. The van der Waals surface area contributed by atoms with Gasteiger partial charge in [0.05, 0.1) is 7.11 Å². The molecule has 0 aromatic heterocycles. The first-order valence-electron chi connectivity index (χ1n) is 10.2. The molecule has 3 aromatic carbocycles. The van der Waals surface area contributed by atoms with E-state index in [2.05, 4.69) is 19.7 Å². The quantitative estimate of drug-likeness (QED) is 0.388. The van der Waals surface area contributed by atoms with Crippen molar-refractivity contribution in [3.05, 3.63) is 103 Å². The molecular formula is C28H28O3. The van der Waals surface area contributed by atoms with E-state index in [1.54, 1.807) is 19.3 Å². The second kappa shape index (κ2) is 9.86. The lowest BCUT2D eigenvalue weighted by Crippen LogP contribution is -1.95. The fourth-order valence-electron chi connectivity index (χ4n) is 3.73. The van der Waals surface area contributed by atoms with Gasteiger partial charge in [0.15, 0.2) is 0 Å². The number of ether oxygens (including phenoxy) is 1. The number of allylic oxidation sites excluding steroid dienone is 3. The summed E-state index contributed by atoms with van der Waals surface area (Å²) in [6.07, 6.45) is 7.33. The van der Waals surface area contributed by atoms with Crippen LogP contribution in [0.4, 0.5) is 0 Å². The number of benzene rings is 3. The maximum Gasteiger partial charge on any atom is 0.127 e. The highest BCUT2D eigenvalue weighted by Gasteiger charge is 2.17. The summed E-state index contributed by atoms with van der Waals surface area (Å²) in [6.45, 7) is 11.4. The van der Waals surface area contributed by atoms with Crippen LogP contribution in [0.3, 0.4) is 0 Å². The highest BCUT2D eigenvalue weighted by atomic mass is 16.5. The molecule has 0 bridgehead atoms. The van der Waals surface area contributed by atoms with Gasteiger partial charge in [0.2, 0.25) is 0 Å². The molecule has 3 aromatic rings. The molecule has 3 rings (SSSR count). The fourth-order valence-corrected chi connectivity index (χ4v) is 3.73. The summed E-state index contributed by atoms with van der Waals surface area (Å²) in [7, 11) is 1.61. The van der Waals surface area contributed by atoms with Gasteiger partial charge in [-0.3, -0.25) is 0 Å². The third-order valence-corrected chi connectivity index (χ3v) is 5.24. The monoisotopic (exact) mass is 412 g/mol. The molecule has 3 heteroatoms. The number of rotatable bonds is 9. The minimum atomic E-state index is 0.180. The SMILES string of the molecule is C=CCc1ccc(O)c(-c2cc(CC=C)c(O)c(-c3cc(CC=C)ccc3OC)c2)c1. The predicted octanol–water partition coefficient (Wildman–Crippen LogP) is 6.63. The normalized spacial score (nSPS) is 10.5. The van der Waals surface area contributed by atoms with Gasteiger partial charge in [-0.2, -0.15) is 0 Å². The van der Waals surface area contributed by atoms with Crippen LogP contribution < -0.4 is 4.74 Å². The van der Waals surface area contributed by atoms with Gasteiger partial charge in [-0.25, -0.2) is 0 Å². The van der Waals surface area contributed by atoms with Gasteiger partial charge in [-0.15, -0.1) is 19.7 Å². The van der Waals surface area contributed by atoms with Crippen LogP contribution >= 0.6 is 0 Å². The Bertz CT molecular complexity index is 1130. The summed E-state index contributed by atoms with van der Waals surface area (Å²) in [5, 5.41) is 21.7. The van der Waals surface area contributed by atoms with E-state index in [0.717, 1.165) is 27.8 Å². The first-order chi connectivity index (χ1) is 15.0. The Hall–Kier alpha value is -3.72. The lowest BCUT2D eigenvalue weighted by atomic mass is 9.91. The molecule has 0 saturated carbocycles. The number of methoxy groups -OCH3 is 1. The Balaban J connectivity index is 2.28. The maximum atomic E-state index is 11.1. The number of hydrogen-bond acceptors (Lipinski definition) is 3. The molecule has 0 saturated heterocycles. The Morgan fingerprint density at radius 3 is 1.97 bits per heavy atom. The Kier molecular flexibility index (Phi) is 6.99. The first kappa shape index (κ1) is 22.0. The van der Waals surface area contributed by atoms with Crippen molar-refractivity contribution in [2.75, 3.05) is 7.11 Å². The molecule has 0 unspecified atom stereocenters. The van der Waals surface area contributed by atoms with E-state index < -0.39 is 0 Å². The van der Waals surface area contributed by atoms with Crippen molar-refractivity contribution in [1.82, 2.24) is 0 Å². The molecule has 2 N–H and O–H groups in total. The Morgan fingerprint density at radius 1 is 0.742 bits per heavy atom. The standard InChI is InChI=1S/C28H28O3/c1-5-8-19-11-13-26(29)23(15-19)22-17-21(10-7-3)28(30)25(18-22)24-16-20(9-6-2)12-14-27(24)31-4/h5-7,11-18,29-30H,1-3,8-10H2,4H3. The summed E-state index contributed by atoms with van der Waals surface area (Å²) < 4.78 is 5.59. The van der Waals surface area contributed by atoms with Gasteiger partial charge in [-0.1, -0.05) is 30.4 Å². The number of phenolic OH excluding ortho intramolecular Hbond substituents is 2. The van der Waals surface area contributed by atoms with Crippen molar-refractivity contribution >= 4 is 0 Å². The first-order valence-corrected chi connectivity index (χ1v) is 10.2. The van der Waals surface area contributed by atoms with Crippen LogP contribution in [0.2, 0.25) is 0 Å². The third-order valence-electron chi connectivity index (χ3n) is 5.24. The van der Waals surface area contributed by atoms with Crippen LogP contribution in [0.5, 0.6) is 17.2 Å². The minimum Gasteiger partial charge on any atom is -0.507 e.